The van der Waals surface area contributed by atoms with Gasteiger partial charge < -0.3 is 68.0 Å². The number of nitrogens with zero attached hydrogens (tertiary/aromatic N) is 31. The Labute approximate surface area is 976 Å². The maximum atomic E-state index is 12.2. The first kappa shape index (κ1) is 114. The molecule has 44 nitrogen and oxygen atoms in total. The van der Waals surface area contributed by atoms with Crippen LogP contribution < -0.4 is 67.7 Å². The second kappa shape index (κ2) is 53.7. The van der Waals surface area contributed by atoms with E-state index in [9.17, 15) is 28.8 Å². The summed E-state index contributed by atoms with van der Waals surface area (Å²) < 4.78 is 54.3. The molecule has 22 rings (SSSR count). The number of thiazole rings is 1. The van der Waals surface area contributed by atoms with Gasteiger partial charge >= 0.3 is 34.1 Å². The summed E-state index contributed by atoms with van der Waals surface area (Å²) in [6.07, 6.45) is 21.3. The van der Waals surface area contributed by atoms with E-state index in [0.717, 1.165) is 124 Å². The van der Waals surface area contributed by atoms with Gasteiger partial charge in [-0.15, -0.1) is 36.7 Å². The third-order valence-electron chi connectivity index (χ3n) is 22.7. The van der Waals surface area contributed by atoms with Gasteiger partial charge in [-0.1, -0.05) is 85.1 Å². The number of oxazole rings is 1. The molecule has 18 aromatic rings. The summed E-state index contributed by atoms with van der Waals surface area (Å²) in [4.78, 5) is 92.2. The Morgan fingerprint density at radius 1 is 0.382 bits per heavy atom. The normalized spacial score (nSPS) is 12.4. The Bertz CT molecular complexity index is 7250. The average molecular weight is 2410 g/mol. The van der Waals surface area contributed by atoms with Gasteiger partial charge in [0.1, 0.15) is 18.4 Å². The Kier molecular flexibility index (Phi) is 42.4. The summed E-state index contributed by atoms with van der Waals surface area (Å²) in [5.74, 6) is 3.96. The topological polar surface area (TPSA) is 476 Å². The molecule has 4 aliphatic rings. The summed E-state index contributed by atoms with van der Waals surface area (Å²) in [5, 5.41) is 56.2. The van der Waals surface area contributed by atoms with E-state index in [-0.39, 0.29) is 256 Å². The Hall–Kier alpha value is -10.5. The minimum Gasteiger partial charge on any atom is -0.579 e. The van der Waals surface area contributed by atoms with Crippen molar-refractivity contribution in [2.45, 2.75) is 135 Å². The van der Waals surface area contributed by atoms with Gasteiger partial charge in [-0.3, -0.25) is 0 Å². The molecule has 51 heteroatoms. The van der Waals surface area contributed by atoms with E-state index in [4.69, 9.17) is 32.8 Å². The Balaban J connectivity index is 0.000000163. The van der Waals surface area contributed by atoms with Crippen molar-refractivity contribution < 1.29 is 229 Å². The quantitative estimate of drug-likeness (QED) is 0.0424. The Morgan fingerprint density at radius 2 is 0.757 bits per heavy atom. The second-order valence-electron chi connectivity index (χ2n) is 32.3. The molecule has 6 radical (unpaired) electrons. The van der Waals surface area contributed by atoms with Gasteiger partial charge in [-0.25, -0.2) is 40.1 Å². The zero-order valence-electron chi connectivity index (χ0n) is 79.6. The molecule has 0 amide bonds. The number of ether oxygens (including phenoxy) is 6. The molecule has 0 N–H and O–H groups in total. The van der Waals surface area contributed by atoms with Crippen molar-refractivity contribution in [1.29, 1.82) is 0 Å². The van der Waals surface area contributed by atoms with Gasteiger partial charge in [0.25, 0.3) is 0 Å². The van der Waals surface area contributed by atoms with Crippen LogP contribution in [0.25, 0.3) is 34.1 Å². The fraction of sp³-hybridized carbons (Fsp3) is 0.290. The van der Waals surface area contributed by atoms with Crippen molar-refractivity contribution in [2.24, 2.45) is 42.3 Å². The first-order chi connectivity index (χ1) is 67.2. The van der Waals surface area contributed by atoms with Crippen LogP contribution in [-0.2, 0) is 278 Å². The SMILES string of the molecule is Cc1[c-]cc(OCc2c(C)cccc2-n2nnn(C)c2=O)cc1.Cc1cccc(-n2nnn(C)c2=O)c1COc1c[c-]ccc1.Cn1nnn(-c2cccc(C3CC3)c2COc2cc[n-]n2)c1=O.Cn1nnn(-c2cccc(C3CC3)c2COc2n[c-]co2)c1=O.Cn1nnn(-c2cccc(C3CC3)c2COc2n[c-]cs2)c1=O.Cn1nnn(-c2cccc(C3CC3)c2COc2n[c-]ncn2)c1=O.[Y].[Y].[Y].[Y].[Y].[Y]. The van der Waals surface area contributed by atoms with Gasteiger partial charge in [0.15, 0.2) is 11.9 Å². The molecule has 10 heterocycles. The molecule has 10 aromatic heterocycles. The smallest absolute Gasteiger partial charge is 0.368 e. The van der Waals surface area contributed by atoms with Crippen LogP contribution in [0.5, 0.6) is 34.7 Å². The van der Waals surface area contributed by atoms with Crippen molar-refractivity contribution in [2.75, 3.05) is 0 Å². The average Bonchev–Trinajstić information content (AvgIpc) is 1.63. The largest absolute Gasteiger partial charge is 0.579 e. The standard InChI is InChI=1S/C17H17N4O2.C16H15N4O2.C15H14N7O2.C15H15N6O2.C15H14N5O3.C15H14N5O2S.6Y/c1-12-7-9-14(10-8-12)23-11-15-13(2)5-4-6-16(15)21-17(22)20(3)18-19-21;1-12-7-6-10-15(20-16(21)19(2)17-18-20)14(12)11-22-13-8-4-3-5-9-13;1-21-15(23)22(20-19-21)13-4-2-3-11(10-5-6-10)12(13)7-24-14-17-8-16-9-18-14;1-20-15(22)21(19-18-20)13-4-2-3-11(10-5-6-10)12(13)9-23-14-7-8-16-17-14;1-19-15(21)20(18-17-19)13-4-2-3-11(10-5-6-10)12(13)9-23-14-16-7-8-22-14;1-19-15(21)20(18-17-19)13-4-2-3-11(10-5-6-10)12(13)9-22-14-16-7-8-23-14;;;;;;/h4-7,9-10H,11H2,1-3H3;3-4,6-10H,11H2,1-2H3;2-4,8,10H,5-7H2,1H3;2-4,7-8,10H,5-6,9H2,1H3;2*2-4,8,10H,5-6,9H2,1H3;;;;;;/q6*-1;;;;;;. The molecule has 144 heavy (non-hydrogen) atoms. The molecule has 4 saturated carbocycles. The molecule has 0 atom stereocenters. The van der Waals surface area contributed by atoms with Crippen LogP contribution in [0.4, 0.5) is 0 Å². The molecule has 0 bridgehead atoms. The number of benzene rings is 8. The molecule has 8 aromatic carbocycles. The third-order valence-corrected chi connectivity index (χ3v) is 23.3. The van der Waals surface area contributed by atoms with E-state index in [2.05, 4.69) is 153 Å². The second-order valence-corrected chi connectivity index (χ2v) is 33.1. The summed E-state index contributed by atoms with van der Waals surface area (Å²) in [5.41, 5.74) is 15.7. The minimum atomic E-state index is -0.308. The van der Waals surface area contributed by atoms with Gasteiger partial charge in [-0.05, 0) is 234 Å². The molecule has 724 valence electrons. The van der Waals surface area contributed by atoms with Crippen molar-refractivity contribution in [1.82, 2.24) is 154 Å². The maximum Gasteiger partial charge on any atom is 0.368 e. The molecule has 0 aliphatic heterocycles. The molecule has 0 unspecified atom stereocenters. The van der Waals surface area contributed by atoms with Crippen LogP contribution in [0.3, 0.4) is 0 Å². The van der Waals surface area contributed by atoms with E-state index in [0.29, 0.717) is 95.3 Å². The van der Waals surface area contributed by atoms with E-state index in [1.807, 2.05) is 142 Å². The summed E-state index contributed by atoms with van der Waals surface area (Å²) in [7, 11) is 9.42. The van der Waals surface area contributed by atoms with E-state index < -0.39 is 0 Å². The number of aryl methyl sites for hydroxylation is 9. The van der Waals surface area contributed by atoms with Crippen LogP contribution in [-0.4, -0.2) is 149 Å². The summed E-state index contributed by atoms with van der Waals surface area (Å²) in [6, 6.07) is 55.7. The molecule has 0 spiro atoms. The summed E-state index contributed by atoms with van der Waals surface area (Å²) in [6.45, 7) is 7.71. The van der Waals surface area contributed by atoms with Crippen LogP contribution in [0.15, 0.2) is 215 Å². The number of aromatic nitrogens is 31. The number of hydrogen-bond acceptors (Lipinski definition) is 32. The number of tetrazole rings is 6. The minimum absolute atomic E-state index is 0. The van der Waals surface area contributed by atoms with Crippen LogP contribution in [0.2, 0.25) is 0 Å². The fourth-order valence-electron chi connectivity index (χ4n) is 14.8. The van der Waals surface area contributed by atoms with Gasteiger partial charge in [0, 0.05) is 296 Å². The Morgan fingerprint density at radius 3 is 1.08 bits per heavy atom. The van der Waals surface area contributed by atoms with Gasteiger partial charge in [0.05, 0.1) is 60.6 Å². The molecule has 4 fully saturated rings. The zero-order chi connectivity index (χ0) is 95.9. The van der Waals surface area contributed by atoms with Crippen LogP contribution >= 0.6 is 11.3 Å². The predicted molar refractivity (Wildman–Crippen MR) is 491 cm³/mol. The van der Waals surface area contributed by atoms with Gasteiger partial charge in [-0.2, -0.15) is 98.3 Å². The van der Waals surface area contributed by atoms with Crippen molar-refractivity contribution >= 4 is 11.3 Å². The molecule has 4 aliphatic carbocycles. The fourth-order valence-corrected chi connectivity index (χ4v) is 15.2. The first-order valence-electron chi connectivity index (χ1n) is 43.6. The zero-order valence-corrected chi connectivity index (χ0v) is 97.4. The number of hydrogen-bond donors (Lipinski definition) is 0. The van der Waals surface area contributed by atoms with E-state index in [1.54, 1.807) is 66.0 Å². The van der Waals surface area contributed by atoms with Gasteiger partial charge in [0.2, 0.25) is 6.08 Å². The molecular weight excluding hydrogens is 2320 g/mol. The first-order valence-corrected chi connectivity index (χ1v) is 44.5. The summed E-state index contributed by atoms with van der Waals surface area (Å²) >= 11 is 1.39. The van der Waals surface area contributed by atoms with E-state index in [1.165, 1.54) is 91.2 Å². The van der Waals surface area contributed by atoms with Crippen LogP contribution in [0.1, 0.15) is 147 Å². The maximum absolute atomic E-state index is 12.2. The monoisotopic (exact) mass is 2410 g/mol. The third kappa shape index (κ3) is 28.4. The van der Waals surface area contributed by atoms with Crippen molar-refractivity contribution in [3.05, 3.63) is 348 Å². The predicted octanol–water partition coefficient (Wildman–Crippen LogP) is 7.67. The number of rotatable bonds is 28. The molecular formula is C93H89N31O13SY6-6. The van der Waals surface area contributed by atoms with Crippen LogP contribution in [0, 0.1) is 51.6 Å². The van der Waals surface area contributed by atoms with E-state index >= 15 is 0 Å². The molecule has 0 saturated heterocycles. The van der Waals surface area contributed by atoms with Crippen molar-refractivity contribution in [3.8, 4) is 68.8 Å². The van der Waals surface area contributed by atoms with Crippen molar-refractivity contribution in [3.63, 3.8) is 0 Å².